The Labute approximate surface area is 73.7 Å². The molecule has 0 saturated carbocycles. The molecule has 0 radical (unpaired) electrons. The zero-order chi connectivity index (χ0) is 10.0. The first-order valence-corrected chi connectivity index (χ1v) is 3.82. The Balaban J connectivity index is 2.66. The summed E-state index contributed by atoms with van der Waals surface area (Å²) in [6.45, 7) is -0.409. The molecule has 0 amide bonds. The summed E-state index contributed by atoms with van der Waals surface area (Å²) >= 11 is 0. The third kappa shape index (κ3) is 2.13. The van der Waals surface area contributed by atoms with Crippen molar-refractivity contribution in [3.05, 3.63) is 10.1 Å². The molecule has 0 aromatic carbocycles. The highest BCUT2D eigenvalue weighted by atomic mass is 16.6. The summed E-state index contributed by atoms with van der Waals surface area (Å²) in [4.78, 5) is 9.69. The number of ether oxygens (including phenoxy) is 1. The fourth-order valence-electron chi connectivity index (χ4n) is 1.26. The van der Waals surface area contributed by atoms with Crippen molar-refractivity contribution in [3.63, 3.8) is 0 Å². The molecule has 1 fully saturated rings. The van der Waals surface area contributed by atoms with Crippen LogP contribution in [0.1, 0.15) is 6.42 Å². The average Bonchev–Trinajstić information content (AvgIpc) is 2.09. The quantitative estimate of drug-likeness (QED) is 0.348. The van der Waals surface area contributed by atoms with E-state index < -0.39 is 36.1 Å². The van der Waals surface area contributed by atoms with E-state index in [1.807, 2.05) is 0 Å². The molecule has 1 aliphatic rings. The van der Waals surface area contributed by atoms with Gasteiger partial charge < -0.3 is 20.1 Å². The van der Waals surface area contributed by atoms with Gasteiger partial charge in [-0.15, -0.1) is 0 Å². The fourth-order valence-corrected chi connectivity index (χ4v) is 1.26. The van der Waals surface area contributed by atoms with Crippen molar-refractivity contribution in [1.29, 1.82) is 0 Å². The van der Waals surface area contributed by atoms with Crippen LogP contribution in [0.15, 0.2) is 0 Å². The van der Waals surface area contributed by atoms with E-state index in [0.717, 1.165) is 0 Å². The highest BCUT2D eigenvalue weighted by Crippen LogP contribution is 2.20. The van der Waals surface area contributed by atoms with Crippen LogP contribution >= 0.6 is 0 Å². The second kappa shape index (κ2) is 3.97. The van der Waals surface area contributed by atoms with E-state index >= 15 is 0 Å². The fraction of sp³-hybridized carbons (Fsp3) is 1.00. The second-order valence-corrected chi connectivity index (χ2v) is 2.91. The summed E-state index contributed by atoms with van der Waals surface area (Å²) in [5.74, 6) is 0. The molecule has 1 heterocycles. The summed E-state index contributed by atoms with van der Waals surface area (Å²) in [6, 6.07) is -1.28. The van der Waals surface area contributed by atoms with Crippen molar-refractivity contribution in [3.8, 4) is 0 Å². The molecule has 13 heavy (non-hydrogen) atoms. The lowest BCUT2D eigenvalue weighted by Crippen LogP contribution is -2.52. The summed E-state index contributed by atoms with van der Waals surface area (Å²) in [6.07, 6.45) is -4.00. The maximum absolute atomic E-state index is 10.4. The smallest absolute Gasteiger partial charge is 0.246 e. The third-order valence-corrected chi connectivity index (χ3v) is 2.00. The highest BCUT2D eigenvalue weighted by Gasteiger charge is 2.43. The molecule has 1 saturated heterocycles. The standard InChI is InChI=1S/C6H11NO6/c8-2-3-1-4(7(11)12)5(9)6(10)13-3/h3-6,8-10H,1-2H2/t3-,4-,5+,6-/m0/s1. The van der Waals surface area contributed by atoms with E-state index in [1.54, 1.807) is 0 Å². The average molecular weight is 193 g/mol. The molecule has 0 aromatic heterocycles. The van der Waals surface area contributed by atoms with Crippen molar-refractivity contribution in [2.45, 2.75) is 31.0 Å². The Bertz CT molecular complexity index is 198. The first kappa shape index (κ1) is 10.3. The number of aliphatic hydroxyl groups excluding tert-OH is 3. The Kier molecular flexibility index (Phi) is 3.15. The number of hydrogen-bond acceptors (Lipinski definition) is 6. The Morgan fingerprint density at radius 3 is 2.62 bits per heavy atom. The van der Waals surface area contributed by atoms with Gasteiger partial charge >= 0.3 is 0 Å². The molecule has 7 nitrogen and oxygen atoms in total. The van der Waals surface area contributed by atoms with Gasteiger partial charge in [-0.3, -0.25) is 10.1 Å². The van der Waals surface area contributed by atoms with Crippen LogP contribution in [0.5, 0.6) is 0 Å². The van der Waals surface area contributed by atoms with E-state index in [-0.39, 0.29) is 6.42 Å². The lowest BCUT2D eigenvalue weighted by Gasteiger charge is -2.31. The van der Waals surface area contributed by atoms with Crippen LogP contribution in [0.4, 0.5) is 0 Å². The molecule has 0 aromatic rings. The van der Waals surface area contributed by atoms with Crippen LogP contribution in [0.3, 0.4) is 0 Å². The molecule has 1 aliphatic heterocycles. The van der Waals surface area contributed by atoms with Crippen molar-refractivity contribution < 1.29 is 25.0 Å². The predicted molar refractivity (Wildman–Crippen MR) is 39.4 cm³/mol. The highest BCUT2D eigenvalue weighted by molar-refractivity contribution is 4.80. The summed E-state index contributed by atoms with van der Waals surface area (Å²) in [5.41, 5.74) is 0. The number of nitro groups is 1. The van der Waals surface area contributed by atoms with Crippen molar-refractivity contribution in [1.82, 2.24) is 0 Å². The zero-order valence-corrected chi connectivity index (χ0v) is 6.74. The number of aliphatic hydroxyl groups is 3. The minimum atomic E-state index is -1.60. The maximum atomic E-state index is 10.4. The third-order valence-electron chi connectivity index (χ3n) is 2.00. The molecule has 0 unspecified atom stereocenters. The van der Waals surface area contributed by atoms with Crippen LogP contribution in [0.25, 0.3) is 0 Å². The van der Waals surface area contributed by atoms with Crippen LogP contribution < -0.4 is 0 Å². The molecule has 4 atom stereocenters. The molecule has 76 valence electrons. The largest absolute Gasteiger partial charge is 0.394 e. The molecule has 1 rings (SSSR count). The number of rotatable bonds is 2. The lowest BCUT2D eigenvalue weighted by atomic mass is 10.0. The van der Waals surface area contributed by atoms with Crippen LogP contribution in [-0.4, -0.2) is 51.4 Å². The summed E-state index contributed by atoms with van der Waals surface area (Å²) < 4.78 is 4.68. The summed E-state index contributed by atoms with van der Waals surface area (Å²) in [7, 11) is 0. The topological polar surface area (TPSA) is 113 Å². The second-order valence-electron chi connectivity index (χ2n) is 2.91. The Hall–Kier alpha value is -0.760. The summed E-state index contributed by atoms with van der Waals surface area (Å²) in [5, 5.41) is 37.2. The van der Waals surface area contributed by atoms with Gasteiger partial charge in [-0.1, -0.05) is 0 Å². The van der Waals surface area contributed by atoms with Gasteiger partial charge in [0.25, 0.3) is 0 Å². The maximum Gasteiger partial charge on any atom is 0.246 e. The van der Waals surface area contributed by atoms with Gasteiger partial charge in [-0.2, -0.15) is 0 Å². The predicted octanol–water partition coefficient (Wildman–Crippen LogP) is -1.91. The first-order valence-electron chi connectivity index (χ1n) is 3.82. The normalized spacial score (nSPS) is 40.2. The van der Waals surface area contributed by atoms with E-state index in [2.05, 4.69) is 4.74 Å². The zero-order valence-electron chi connectivity index (χ0n) is 6.74. The minimum Gasteiger partial charge on any atom is -0.394 e. The van der Waals surface area contributed by atoms with Crippen molar-refractivity contribution in [2.75, 3.05) is 6.61 Å². The Morgan fingerprint density at radius 2 is 2.15 bits per heavy atom. The van der Waals surface area contributed by atoms with Crippen molar-refractivity contribution in [2.24, 2.45) is 0 Å². The minimum absolute atomic E-state index is 0.0955. The van der Waals surface area contributed by atoms with Crippen LogP contribution in [0.2, 0.25) is 0 Å². The number of nitrogens with zero attached hydrogens (tertiary/aromatic N) is 1. The first-order chi connectivity index (χ1) is 6.06. The molecular formula is C6H11NO6. The molecule has 3 N–H and O–H groups in total. The molecular weight excluding hydrogens is 182 g/mol. The van der Waals surface area contributed by atoms with Gasteiger partial charge in [0.1, 0.15) is 0 Å². The van der Waals surface area contributed by atoms with Gasteiger partial charge in [0.05, 0.1) is 12.7 Å². The lowest BCUT2D eigenvalue weighted by molar-refractivity contribution is -0.551. The van der Waals surface area contributed by atoms with E-state index in [4.69, 9.17) is 15.3 Å². The molecule has 0 aliphatic carbocycles. The number of hydrogen-bond donors (Lipinski definition) is 3. The molecule has 0 spiro atoms. The molecule has 7 heteroatoms. The van der Waals surface area contributed by atoms with Crippen molar-refractivity contribution >= 4 is 0 Å². The Morgan fingerprint density at radius 1 is 1.54 bits per heavy atom. The van der Waals surface area contributed by atoms with Gasteiger partial charge in [-0.25, -0.2) is 0 Å². The van der Waals surface area contributed by atoms with Gasteiger partial charge in [-0.05, 0) is 0 Å². The van der Waals surface area contributed by atoms with Gasteiger partial charge in [0, 0.05) is 11.3 Å². The van der Waals surface area contributed by atoms with E-state index in [0.29, 0.717) is 0 Å². The molecule has 0 bridgehead atoms. The van der Waals surface area contributed by atoms with E-state index in [1.165, 1.54) is 0 Å². The van der Waals surface area contributed by atoms with Crippen LogP contribution in [0, 0.1) is 10.1 Å². The van der Waals surface area contributed by atoms with Crippen LogP contribution in [-0.2, 0) is 4.74 Å². The monoisotopic (exact) mass is 193 g/mol. The SMILES string of the molecule is O=[N+]([O-])[C@H]1C[C@@H](CO)O[C@H](O)[C@@H]1O. The van der Waals surface area contributed by atoms with E-state index in [9.17, 15) is 10.1 Å². The van der Waals surface area contributed by atoms with Gasteiger partial charge in [0.2, 0.25) is 6.04 Å². The van der Waals surface area contributed by atoms with Gasteiger partial charge in [0.15, 0.2) is 12.4 Å².